The fourth-order valence-corrected chi connectivity index (χ4v) is 3.96. The van der Waals surface area contributed by atoms with Gasteiger partial charge in [0.1, 0.15) is 0 Å². The van der Waals surface area contributed by atoms with Crippen molar-refractivity contribution in [1.82, 2.24) is 0 Å². The molecule has 0 aliphatic heterocycles. The molecule has 9 heteroatoms. The van der Waals surface area contributed by atoms with E-state index in [9.17, 15) is 16.8 Å². The molecule has 2 N–H and O–H groups in total. The van der Waals surface area contributed by atoms with Gasteiger partial charge in [-0.2, -0.15) is 0 Å². The van der Waals surface area contributed by atoms with Crippen molar-refractivity contribution < 1.29 is 16.8 Å². The van der Waals surface area contributed by atoms with Crippen molar-refractivity contribution >= 4 is 43.0 Å². The van der Waals surface area contributed by atoms with Crippen LogP contribution in [0.2, 0.25) is 0 Å². The Morgan fingerprint density at radius 1 is 0.880 bits per heavy atom. The van der Waals surface area contributed by atoms with E-state index in [1.54, 1.807) is 24.3 Å². The SMILES string of the molecule is CS(=O)(=O)Nc1ccccc1NS(=O)(=O)c1ccc(CCCCl)cc1. The molecule has 0 amide bonds. The summed E-state index contributed by atoms with van der Waals surface area (Å²) < 4.78 is 52.6. The van der Waals surface area contributed by atoms with E-state index in [-0.39, 0.29) is 16.3 Å². The van der Waals surface area contributed by atoms with Crippen LogP contribution in [0.4, 0.5) is 11.4 Å². The molecule has 0 aliphatic rings. The van der Waals surface area contributed by atoms with Crippen LogP contribution in [0.3, 0.4) is 0 Å². The van der Waals surface area contributed by atoms with Gasteiger partial charge in [-0.1, -0.05) is 24.3 Å². The normalized spacial score (nSPS) is 11.9. The Morgan fingerprint density at radius 2 is 1.44 bits per heavy atom. The monoisotopic (exact) mass is 402 g/mol. The van der Waals surface area contributed by atoms with Crippen LogP contribution < -0.4 is 9.44 Å². The molecule has 0 radical (unpaired) electrons. The minimum absolute atomic E-state index is 0.0938. The van der Waals surface area contributed by atoms with Gasteiger partial charge in [0, 0.05) is 5.88 Å². The number of hydrogen-bond donors (Lipinski definition) is 2. The predicted octanol–water partition coefficient (Wildman–Crippen LogP) is 3.03. The first kappa shape index (κ1) is 19.6. The lowest BCUT2D eigenvalue weighted by molar-refractivity contribution is 0.600. The lowest BCUT2D eigenvalue weighted by atomic mass is 10.1. The van der Waals surface area contributed by atoms with E-state index < -0.39 is 20.0 Å². The van der Waals surface area contributed by atoms with Gasteiger partial charge < -0.3 is 0 Å². The first-order chi connectivity index (χ1) is 11.7. The van der Waals surface area contributed by atoms with Crippen molar-refractivity contribution in [3.05, 3.63) is 54.1 Å². The van der Waals surface area contributed by atoms with Crippen LogP contribution in [-0.2, 0) is 26.5 Å². The first-order valence-corrected chi connectivity index (χ1v) is 11.4. The van der Waals surface area contributed by atoms with E-state index in [2.05, 4.69) is 9.44 Å². The van der Waals surface area contributed by atoms with Gasteiger partial charge in [-0.15, -0.1) is 11.6 Å². The molecule has 0 saturated heterocycles. The summed E-state index contributed by atoms with van der Waals surface area (Å²) in [6.07, 6.45) is 2.59. The topological polar surface area (TPSA) is 92.3 Å². The molecule has 0 fully saturated rings. The lowest BCUT2D eigenvalue weighted by Gasteiger charge is -2.13. The summed E-state index contributed by atoms with van der Waals surface area (Å²) in [6, 6.07) is 12.7. The third-order valence-electron chi connectivity index (χ3n) is 3.30. The summed E-state index contributed by atoms with van der Waals surface area (Å²) in [6.45, 7) is 0. The molecule has 2 aromatic carbocycles. The highest BCUT2D eigenvalue weighted by molar-refractivity contribution is 7.93. The Balaban J connectivity index is 2.24. The van der Waals surface area contributed by atoms with E-state index >= 15 is 0 Å². The van der Waals surface area contributed by atoms with Gasteiger partial charge >= 0.3 is 0 Å². The average Bonchev–Trinajstić information content (AvgIpc) is 2.53. The van der Waals surface area contributed by atoms with Gasteiger partial charge in [0.15, 0.2) is 0 Å². The highest BCUT2D eigenvalue weighted by atomic mass is 35.5. The number of para-hydroxylation sites is 2. The Labute approximate surface area is 153 Å². The van der Waals surface area contributed by atoms with E-state index in [0.29, 0.717) is 5.88 Å². The van der Waals surface area contributed by atoms with Crippen molar-refractivity contribution in [1.29, 1.82) is 0 Å². The molecule has 25 heavy (non-hydrogen) atoms. The standard InChI is InChI=1S/C16H19ClN2O4S2/c1-24(20,21)18-15-6-2-3-7-16(15)19-25(22,23)14-10-8-13(9-11-14)5-4-12-17/h2-3,6-11,18-19H,4-5,12H2,1H3. The van der Waals surface area contributed by atoms with Crippen molar-refractivity contribution in [2.75, 3.05) is 21.6 Å². The molecule has 0 bridgehead atoms. The number of alkyl halides is 1. The molecule has 2 aromatic rings. The number of sulfonamides is 2. The number of aryl methyl sites for hydroxylation is 1. The molecular formula is C16H19ClN2O4S2. The number of nitrogens with one attached hydrogen (secondary N) is 2. The van der Waals surface area contributed by atoms with Gasteiger partial charge in [0.2, 0.25) is 10.0 Å². The summed E-state index contributed by atoms with van der Waals surface area (Å²) >= 11 is 5.65. The second kappa shape index (κ2) is 8.07. The van der Waals surface area contributed by atoms with Gasteiger partial charge in [0.25, 0.3) is 10.0 Å². The largest absolute Gasteiger partial charge is 0.282 e. The molecule has 0 heterocycles. The number of anilines is 2. The Bertz CT molecular complexity index is 927. The molecule has 0 saturated carbocycles. The van der Waals surface area contributed by atoms with Crippen LogP contribution in [0.5, 0.6) is 0 Å². The van der Waals surface area contributed by atoms with Crippen molar-refractivity contribution in [3.8, 4) is 0 Å². The highest BCUT2D eigenvalue weighted by Crippen LogP contribution is 2.25. The van der Waals surface area contributed by atoms with E-state index in [0.717, 1.165) is 24.7 Å². The maximum absolute atomic E-state index is 12.5. The maximum atomic E-state index is 12.5. The van der Waals surface area contributed by atoms with E-state index in [4.69, 9.17) is 11.6 Å². The molecule has 136 valence electrons. The number of hydrogen-bond acceptors (Lipinski definition) is 4. The van der Waals surface area contributed by atoms with Crippen LogP contribution in [0.1, 0.15) is 12.0 Å². The fourth-order valence-electron chi connectivity index (χ4n) is 2.17. The van der Waals surface area contributed by atoms with Crippen molar-refractivity contribution in [2.45, 2.75) is 17.7 Å². The zero-order chi connectivity index (χ0) is 18.5. The molecule has 6 nitrogen and oxygen atoms in total. The van der Waals surface area contributed by atoms with Crippen LogP contribution in [0.25, 0.3) is 0 Å². The fraction of sp³-hybridized carbons (Fsp3) is 0.250. The number of benzene rings is 2. The second-order valence-electron chi connectivity index (χ2n) is 5.46. The Morgan fingerprint density at radius 3 is 1.96 bits per heavy atom. The summed E-state index contributed by atoms with van der Waals surface area (Å²) in [5.41, 5.74) is 1.31. The summed E-state index contributed by atoms with van der Waals surface area (Å²) in [5, 5.41) is 0. The summed E-state index contributed by atoms with van der Waals surface area (Å²) in [5.74, 6) is 0.547. The van der Waals surface area contributed by atoms with Gasteiger partial charge in [0.05, 0.1) is 22.5 Å². The zero-order valence-electron chi connectivity index (χ0n) is 13.6. The molecular weight excluding hydrogens is 384 g/mol. The first-order valence-electron chi connectivity index (χ1n) is 7.46. The molecule has 0 unspecified atom stereocenters. The summed E-state index contributed by atoms with van der Waals surface area (Å²) in [4.78, 5) is 0.0938. The van der Waals surface area contributed by atoms with Crippen LogP contribution >= 0.6 is 11.6 Å². The molecule has 2 rings (SSSR count). The molecule has 0 spiro atoms. The minimum Gasteiger partial charge on any atom is -0.282 e. The lowest BCUT2D eigenvalue weighted by Crippen LogP contribution is -2.16. The maximum Gasteiger partial charge on any atom is 0.261 e. The van der Waals surface area contributed by atoms with Crippen LogP contribution in [0.15, 0.2) is 53.4 Å². The van der Waals surface area contributed by atoms with Gasteiger partial charge in [-0.05, 0) is 42.7 Å². The molecule has 0 aliphatic carbocycles. The van der Waals surface area contributed by atoms with Crippen LogP contribution in [0, 0.1) is 0 Å². The predicted molar refractivity (Wildman–Crippen MR) is 101 cm³/mol. The quantitative estimate of drug-likeness (QED) is 0.664. The number of rotatable bonds is 8. The van der Waals surface area contributed by atoms with E-state index in [1.807, 2.05) is 0 Å². The highest BCUT2D eigenvalue weighted by Gasteiger charge is 2.17. The van der Waals surface area contributed by atoms with Crippen LogP contribution in [-0.4, -0.2) is 29.0 Å². The zero-order valence-corrected chi connectivity index (χ0v) is 16.0. The van der Waals surface area contributed by atoms with Gasteiger partial charge in [-0.3, -0.25) is 9.44 Å². The van der Waals surface area contributed by atoms with Crippen molar-refractivity contribution in [2.24, 2.45) is 0 Å². The van der Waals surface area contributed by atoms with Gasteiger partial charge in [-0.25, -0.2) is 16.8 Å². The third-order valence-corrected chi connectivity index (χ3v) is 5.54. The average molecular weight is 403 g/mol. The Kier molecular flexibility index (Phi) is 6.31. The smallest absolute Gasteiger partial charge is 0.261 e. The van der Waals surface area contributed by atoms with Crippen molar-refractivity contribution in [3.63, 3.8) is 0 Å². The summed E-state index contributed by atoms with van der Waals surface area (Å²) in [7, 11) is -7.37. The van der Waals surface area contributed by atoms with E-state index in [1.165, 1.54) is 24.3 Å². The minimum atomic E-state index is -3.84. The molecule has 0 aromatic heterocycles. The second-order valence-corrected chi connectivity index (χ2v) is 9.27. The number of halogens is 1. The Hall–Kier alpha value is -1.77. The third kappa shape index (κ3) is 5.91. The molecule has 0 atom stereocenters.